The van der Waals surface area contributed by atoms with Crippen LogP contribution in [0.5, 0.6) is 0 Å². The summed E-state index contributed by atoms with van der Waals surface area (Å²) in [7, 11) is 0. The fraction of sp³-hybridized carbons (Fsp3) is 0.400. The Labute approximate surface area is 162 Å². The summed E-state index contributed by atoms with van der Waals surface area (Å²) in [6, 6.07) is 8.39. The number of esters is 1. The van der Waals surface area contributed by atoms with Crippen LogP contribution < -0.4 is 5.32 Å². The number of nitrogens with zero attached hydrogens (tertiary/aromatic N) is 1. The molecule has 0 bridgehead atoms. The molecule has 1 aliphatic rings. The van der Waals surface area contributed by atoms with Crippen molar-refractivity contribution in [2.45, 2.75) is 32.7 Å². The van der Waals surface area contributed by atoms with E-state index in [1.165, 1.54) is 23.5 Å². The van der Waals surface area contributed by atoms with Crippen molar-refractivity contribution in [3.05, 3.63) is 52.2 Å². The molecule has 1 aliphatic heterocycles. The van der Waals surface area contributed by atoms with Gasteiger partial charge in [0.05, 0.1) is 18.2 Å². The average molecular weight is 390 g/mol. The number of hydrogen-bond acceptors (Lipinski definition) is 5. The second-order valence-electron chi connectivity index (χ2n) is 6.57. The lowest BCUT2D eigenvalue weighted by molar-refractivity contribution is -0.117. The van der Waals surface area contributed by atoms with Gasteiger partial charge in [0.25, 0.3) is 0 Å². The van der Waals surface area contributed by atoms with Crippen LogP contribution in [-0.4, -0.2) is 36.5 Å². The van der Waals surface area contributed by atoms with Crippen LogP contribution in [0.1, 0.15) is 46.6 Å². The van der Waals surface area contributed by atoms with Gasteiger partial charge in [-0.25, -0.2) is 9.18 Å². The molecule has 1 saturated heterocycles. The summed E-state index contributed by atoms with van der Waals surface area (Å²) < 4.78 is 18.2. The van der Waals surface area contributed by atoms with Gasteiger partial charge in [-0.3, -0.25) is 9.69 Å². The van der Waals surface area contributed by atoms with E-state index in [4.69, 9.17) is 4.74 Å². The third-order valence-corrected chi connectivity index (χ3v) is 5.74. The maximum Gasteiger partial charge on any atom is 0.348 e. The van der Waals surface area contributed by atoms with Crippen LogP contribution in [0.25, 0.3) is 0 Å². The molecule has 1 amide bonds. The maximum absolute atomic E-state index is 13.2. The molecule has 7 heteroatoms. The largest absolute Gasteiger partial charge is 0.462 e. The van der Waals surface area contributed by atoms with Gasteiger partial charge in [0, 0.05) is 6.04 Å². The van der Waals surface area contributed by atoms with E-state index < -0.39 is 0 Å². The van der Waals surface area contributed by atoms with Gasteiger partial charge in [0.1, 0.15) is 10.7 Å². The van der Waals surface area contributed by atoms with Crippen molar-refractivity contribution in [1.82, 2.24) is 4.90 Å². The summed E-state index contributed by atoms with van der Waals surface area (Å²) in [5, 5.41) is 3.52. The Morgan fingerprint density at radius 3 is 2.78 bits per heavy atom. The quantitative estimate of drug-likeness (QED) is 0.753. The molecule has 5 nitrogen and oxygen atoms in total. The van der Waals surface area contributed by atoms with Gasteiger partial charge < -0.3 is 10.1 Å². The Hall–Kier alpha value is -2.25. The first-order valence-corrected chi connectivity index (χ1v) is 9.86. The van der Waals surface area contributed by atoms with Crippen molar-refractivity contribution in [3.8, 4) is 0 Å². The van der Waals surface area contributed by atoms with Crippen LogP contribution in [0.15, 0.2) is 30.3 Å². The van der Waals surface area contributed by atoms with Crippen molar-refractivity contribution in [3.63, 3.8) is 0 Å². The monoisotopic (exact) mass is 390 g/mol. The lowest BCUT2D eigenvalue weighted by Gasteiger charge is -2.24. The van der Waals surface area contributed by atoms with Gasteiger partial charge in [-0.05, 0) is 62.6 Å². The van der Waals surface area contributed by atoms with E-state index in [1.54, 1.807) is 25.1 Å². The van der Waals surface area contributed by atoms with Gasteiger partial charge in [-0.15, -0.1) is 11.3 Å². The van der Waals surface area contributed by atoms with Crippen LogP contribution in [0.2, 0.25) is 0 Å². The molecular formula is C20H23FN2O3S. The number of halogens is 1. The number of amides is 1. The van der Waals surface area contributed by atoms with E-state index in [0.29, 0.717) is 16.5 Å². The summed E-state index contributed by atoms with van der Waals surface area (Å²) in [6.07, 6.45) is 1.95. The number of hydrogen-bond donors (Lipinski definition) is 1. The number of anilines is 1. The fourth-order valence-corrected chi connectivity index (χ4v) is 4.36. The molecule has 0 saturated carbocycles. The normalized spacial score (nSPS) is 17.1. The number of rotatable bonds is 6. The van der Waals surface area contributed by atoms with Crippen molar-refractivity contribution >= 4 is 28.2 Å². The Morgan fingerprint density at radius 1 is 1.33 bits per heavy atom. The first kappa shape index (κ1) is 19.5. The maximum atomic E-state index is 13.2. The number of aryl methyl sites for hydroxylation is 1. The molecule has 2 heterocycles. The van der Waals surface area contributed by atoms with Crippen LogP contribution in [-0.2, 0) is 9.53 Å². The van der Waals surface area contributed by atoms with Gasteiger partial charge >= 0.3 is 5.97 Å². The smallest absolute Gasteiger partial charge is 0.348 e. The Balaban J connectivity index is 1.62. The van der Waals surface area contributed by atoms with E-state index in [1.807, 2.05) is 6.92 Å². The molecule has 1 N–H and O–H groups in total. The van der Waals surface area contributed by atoms with Crippen molar-refractivity contribution in [2.75, 3.05) is 25.0 Å². The van der Waals surface area contributed by atoms with E-state index in [0.717, 1.165) is 30.5 Å². The van der Waals surface area contributed by atoms with Gasteiger partial charge in [0.2, 0.25) is 5.91 Å². The van der Waals surface area contributed by atoms with Gasteiger partial charge in [-0.1, -0.05) is 12.1 Å². The van der Waals surface area contributed by atoms with E-state index in [2.05, 4.69) is 10.2 Å². The second kappa shape index (κ2) is 8.63. The van der Waals surface area contributed by atoms with Gasteiger partial charge in [0.15, 0.2) is 0 Å². The number of ether oxygens (including phenoxy) is 1. The summed E-state index contributed by atoms with van der Waals surface area (Å²) in [5.74, 6) is -0.747. The lowest BCUT2D eigenvalue weighted by Crippen LogP contribution is -2.32. The third kappa shape index (κ3) is 4.73. The molecule has 1 fully saturated rings. The molecule has 144 valence electrons. The van der Waals surface area contributed by atoms with Crippen LogP contribution in [0, 0.1) is 12.7 Å². The lowest BCUT2D eigenvalue weighted by atomic mass is 10.0. The summed E-state index contributed by atoms with van der Waals surface area (Å²) in [4.78, 5) is 27.0. The van der Waals surface area contributed by atoms with Crippen LogP contribution >= 0.6 is 11.3 Å². The minimum Gasteiger partial charge on any atom is -0.462 e. The zero-order valence-corrected chi connectivity index (χ0v) is 16.3. The van der Waals surface area contributed by atoms with E-state index in [9.17, 15) is 14.0 Å². The summed E-state index contributed by atoms with van der Waals surface area (Å²) >= 11 is 1.23. The molecule has 1 atom stereocenters. The molecule has 0 aliphatic carbocycles. The molecule has 1 aromatic heterocycles. The molecule has 3 rings (SSSR count). The number of carbonyl (C=O) groups excluding carboxylic acids is 2. The number of thiophene rings is 1. The standard InChI is InChI=1S/C20H23FN2O3S/c1-3-26-20(25)19-13(2)11-18(27-19)22-17(24)12-23-10-4-5-16(23)14-6-8-15(21)9-7-14/h6-9,11,16H,3-5,10,12H2,1-2H3,(H,22,24). The fourth-order valence-electron chi connectivity index (χ4n) is 3.38. The molecule has 27 heavy (non-hydrogen) atoms. The highest BCUT2D eigenvalue weighted by Crippen LogP contribution is 2.32. The number of benzene rings is 1. The molecule has 0 spiro atoms. The predicted molar refractivity (Wildman–Crippen MR) is 104 cm³/mol. The SMILES string of the molecule is CCOC(=O)c1sc(NC(=O)CN2CCCC2c2ccc(F)cc2)cc1C. The third-order valence-electron chi connectivity index (χ3n) is 4.61. The summed E-state index contributed by atoms with van der Waals surface area (Å²) in [5.41, 5.74) is 1.82. The Bertz CT molecular complexity index is 819. The average Bonchev–Trinajstić information content (AvgIpc) is 3.22. The number of likely N-dealkylation sites (tertiary alicyclic amines) is 1. The first-order chi connectivity index (χ1) is 13.0. The highest BCUT2D eigenvalue weighted by atomic mass is 32.1. The predicted octanol–water partition coefficient (Wildman–Crippen LogP) is 4.15. The number of carbonyl (C=O) groups is 2. The highest BCUT2D eigenvalue weighted by Gasteiger charge is 2.27. The van der Waals surface area contributed by atoms with Gasteiger partial charge in [-0.2, -0.15) is 0 Å². The Morgan fingerprint density at radius 2 is 2.07 bits per heavy atom. The summed E-state index contributed by atoms with van der Waals surface area (Å²) in [6.45, 7) is 4.99. The van der Waals surface area contributed by atoms with Crippen LogP contribution in [0.3, 0.4) is 0 Å². The minimum absolute atomic E-state index is 0.122. The minimum atomic E-state index is -0.364. The highest BCUT2D eigenvalue weighted by molar-refractivity contribution is 7.18. The van der Waals surface area contributed by atoms with Crippen molar-refractivity contribution in [1.29, 1.82) is 0 Å². The first-order valence-electron chi connectivity index (χ1n) is 9.05. The molecular weight excluding hydrogens is 367 g/mol. The van der Waals surface area contributed by atoms with Crippen molar-refractivity contribution in [2.24, 2.45) is 0 Å². The van der Waals surface area contributed by atoms with E-state index >= 15 is 0 Å². The Kier molecular flexibility index (Phi) is 6.23. The zero-order chi connectivity index (χ0) is 19.4. The molecule has 1 aromatic carbocycles. The zero-order valence-electron chi connectivity index (χ0n) is 15.5. The molecule has 0 radical (unpaired) electrons. The topological polar surface area (TPSA) is 58.6 Å². The van der Waals surface area contributed by atoms with E-state index in [-0.39, 0.29) is 30.3 Å². The van der Waals surface area contributed by atoms with Crippen LogP contribution in [0.4, 0.5) is 9.39 Å². The molecule has 2 aromatic rings. The number of nitrogens with one attached hydrogen (secondary N) is 1. The van der Waals surface area contributed by atoms with Crippen molar-refractivity contribution < 1.29 is 18.7 Å². The molecule has 1 unspecified atom stereocenters. The second-order valence-corrected chi connectivity index (χ2v) is 7.62.